The summed E-state index contributed by atoms with van der Waals surface area (Å²) in [6.45, 7) is -1.68. The molecule has 0 aromatic heterocycles. The second-order valence-corrected chi connectivity index (χ2v) is 4.47. The molecule has 20 heavy (non-hydrogen) atoms. The largest absolute Gasteiger partial charge is 0.401 e. The lowest BCUT2D eigenvalue weighted by Crippen LogP contribution is -2.40. The Hall–Kier alpha value is -1.60. The van der Waals surface area contributed by atoms with E-state index in [4.69, 9.17) is 16.2 Å². The molecule has 1 aromatic rings. The van der Waals surface area contributed by atoms with Gasteiger partial charge < -0.3 is 10.8 Å². The number of amidine groups is 1. The molecule has 4 nitrogen and oxygen atoms in total. The van der Waals surface area contributed by atoms with Gasteiger partial charge in [-0.15, -0.1) is 0 Å². The highest BCUT2D eigenvalue weighted by Gasteiger charge is 2.34. The van der Waals surface area contributed by atoms with Crippen LogP contribution in [0.15, 0.2) is 30.3 Å². The fraction of sp³-hybridized carbons (Fsp3) is 0.462. The number of benzene rings is 1. The molecular formula is C13H18F3N3O. The van der Waals surface area contributed by atoms with Crippen molar-refractivity contribution in [2.75, 3.05) is 19.7 Å². The molecule has 0 bridgehead atoms. The maximum Gasteiger partial charge on any atom is 0.401 e. The lowest BCUT2D eigenvalue weighted by atomic mass is 10.0. The third kappa shape index (κ3) is 5.58. The van der Waals surface area contributed by atoms with Crippen LogP contribution in [0.1, 0.15) is 18.0 Å². The summed E-state index contributed by atoms with van der Waals surface area (Å²) in [5.74, 6) is -0.191. The molecule has 7 heteroatoms. The van der Waals surface area contributed by atoms with Gasteiger partial charge >= 0.3 is 6.18 Å². The molecule has 1 atom stereocenters. The van der Waals surface area contributed by atoms with E-state index in [1.807, 2.05) is 0 Å². The summed E-state index contributed by atoms with van der Waals surface area (Å²) >= 11 is 0. The van der Waals surface area contributed by atoms with Gasteiger partial charge in [0.05, 0.1) is 19.0 Å². The van der Waals surface area contributed by atoms with Crippen molar-refractivity contribution in [1.29, 1.82) is 5.41 Å². The van der Waals surface area contributed by atoms with Crippen LogP contribution in [0.3, 0.4) is 0 Å². The molecule has 0 spiro atoms. The Bertz CT molecular complexity index is 423. The van der Waals surface area contributed by atoms with Crippen molar-refractivity contribution < 1.29 is 18.3 Å². The van der Waals surface area contributed by atoms with E-state index in [1.165, 1.54) is 0 Å². The van der Waals surface area contributed by atoms with E-state index in [0.29, 0.717) is 5.56 Å². The molecule has 4 N–H and O–H groups in total. The number of aliphatic hydroxyl groups is 1. The molecule has 0 radical (unpaired) electrons. The standard InChI is InChI=1S/C13H18F3N3O/c14-13(15,16)9-19(6-7-20)11(8-12(17)18)10-4-2-1-3-5-10/h1-5,11,20H,6-9H2,(H3,17,18). The van der Waals surface area contributed by atoms with Gasteiger partial charge in [-0.3, -0.25) is 10.3 Å². The zero-order valence-corrected chi connectivity index (χ0v) is 10.9. The van der Waals surface area contributed by atoms with Gasteiger partial charge in [0, 0.05) is 19.0 Å². The number of halogens is 3. The van der Waals surface area contributed by atoms with E-state index >= 15 is 0 Å². The average molecular weight is 289 g/mol. The Morgan fingerprint density at radius 3 is 2.35 bits per heavy atom. The van der Waals surface area contributed by atoms with E-state index in [2.05, 4.69) is 0 Å². The van der Waals surface area contributed by atoms with Gasteiger partial charge in [-0.2, -0.15) is 13.2 Å². The summed E-state index contributed by atoms with van der Waals surface area (Å²) in [5, 5.41) is 16.3. The SMILES string of the molecule is N=C(N)CC(c1ccccc1)N(CCO)CC(F)(F)F. The number of rotatable bonds is 7. The Balaban J connectivity index is 3.01. The zero-order valence-electron chi connectivity index (χ0n) is 10.9. The predicted octanol–water partition coefficient (Wildman–Crippen LogP) is 1.91. The molecule has 0 aliphatic carbocycles. The number of nitrogens with one attached hydrogen (secondary N) is 1. The fourth-order valence-corrected chi connectivity index (χ4v) is 2.05. The topological polar surface area (TPSA) is 73.3 Å². The van der Waals surface area contributed by atoms with Gasteiger partial charge in [-0.1, -0.05) is 30.3 Å². The Kier molecular flexibility index (Phi) is 5.97. The molecule has 112 valence electrons. The summed E-state index contributed by atoms with van der Waals surface area (Å²) in [6, 6.07) is 7.89. The monoisotopic (exact) mass is 289 g/mol. The maximum atomic E-state index is 12.6. The molecule has 0 saturated heterocycles. The highest BCUT2D eigenvalue weighted by Crippen LogP contribution is 2.27. The minimum absolute atomic E-state index is 0.0138. The molecule has 0 aliphatic rings. The van der Waals surface area contributed by atoms with Crippen molar-refractivity contribution in [3.05, 3.63) is 35.9 Å². The van der Waals surface area contributed by atoms with Crippen LogP contribution in [0.5, 0.6) is 0 Å². The van der Waals surface area contributed by atoms with Crippen LogP contribution < -0.4 is 5.73 Å². The number of hydrogen-bond acceptors (Lipinski definition) is 3. The highest BCUT2D eigenvalue weighted by molar-refractivity contribution is 5.77. The number of nitrogens with zero attached hydrogens (tertiary/aromatic N) is 1. The zero-order chi connectivity index (χ0) is 15.2. The Morgan fingerprint density at radius 2 is 1.90 bits per heavy atom. The number of hydrogen-bond donors (Lipinski definition) is 3. The fourth-order valence-electron chi connectivity index (χ4n) is 2.05. The summed E-state index contributed by atoms with van der Waals surface area (Å²) in [5.41, 5.74) is 5.98. The van der Waals surface area contributed by atoms with Gasteiger partial charge in [0.2, 0.25) is 0 Å². The normalized spacial score (nSPS) is 13.4. The minimum atomic E-state index is -4.38. The maximum absolute atomic E-state index is 12.6. The molecular weight excluding hydrogens is 271 g/mol. The first-order valence-corrected chi connectivity index (χ1v) is 6.13. The first-order valence-electron chi connectivity index (χ1n) is 6.13. The van der Waals surface area contributed by atoms with Crippen molar-refractivity contribution >= 4 is 5.84 Å². The highest BCUT2D eigenvalue weighted by atomic mass is 19.4. The quantitative estimate of drug-likeness (QED) is 0.530. The number of aliphatic hydroxyl groups excluding tert-OH is 1. The van der Waals surface area contributed by atoms with Crippen LogP contribution in [-0.4, -0.2) is 41.7 Å². The molecule has 0 fully saturated rings. The molecule has 1 unspecified atom stereocenters. The summed E-state index contributed by atoms with van der Waals surface area (Å²) < 4.78 is 37.9. The van der Waals surface area contributed by atoms with Gasteiger partial charge in [-0.05, 0) is 5.56 Å². The molecule has 1 rings (SSSR count). The van der Waals surface area contributed by atoms with E-state index in [0.717, 1.165) is 4.90 Å². The predicted molar refractivity (Wildman–Crippen MR) is 70.4 cm³/mol. The molecule has 0 aliphatic heterocycles. The van der Waals surface area contributed by atoms with Crippen LogP contribution in [0.25, 0.3) is 0 Å². The number of alkyl halides is 3. The Labute approximate surface area is 115 Å². The lowest BCUT2D eigenvalue weighted by Gasteiger charge is -2.32. The molecule has 0 saturated carbocycles. The molecule has 0 amide bonds. The molecule has 1 aromatic carbocycles. The third-order valence-electron chi connectivity index (χ3n) is 2.81. The van der Waals surface area contributed by atoms with Crippen LogP contribution in [0, 0.1) is 5.41 Å². The summed E-state index contributed by atoms with van der Waals surface area (Å²) in [4.78, 5) is 1.09. The first kappa shape index (κ1) is 16.5. The lowest BCUT2D eigenvalue weighted by molar-refractivity contribution is -0.152. The Morgan fingerprint density at radius 1 is 1.30 bits per heavy atom. The van der Waals surface area contributed by atoms with Crippen molar-refractivity contribution in [2.24, 2.45) is 5.73 Å². The van der Waals surface area contributed by atoms with Gasteiger partial charge in [0.25, 0.3) is 0 Å². The van der Waals surface area contributed by atoms with Crippen LogP contribution in [0.4, 0.5) is 13.2 Å². The van der Waals surface area contributed by atoms with Crippen molar-refractivity contribution in [3.8, 4) is 0 Å². The number of nitrogens with two attached hydrogens (primary N) is 1. The van der Waals surface area contributed by atoms with Crippen LogP contribution in [-0.2, 0) is 0 Å². The van der Waals surface area contributed by atoms with Crippen LogP contribution in [0.2, 0.25) is 0 Å². The first-order chi connectivity index (χ1) is 9.33. The van der Waals surface area contributed by atoms with Crippen molar-refractivity contribution in [3.63, 3.8) is 0 Å². The van der Waals surface area contributed by atoms with E-state index in [9.17, 15) is 13.2 Å². The van der Waals surface area contributed by atoms with Gasteiger partial charge in [0.15, 0.2) is 0 Å². The van der Waals surface area contributed by atoms with Crippen molar-refractivity contribution in [2.45, 2.75) is 18.6 Å². The van der Waals surface area contributed by atoms with E-state index < -0.39 is 25.4 Å². The average Bonchev–Trinajstić information content (AvgIpc) is 2.35. The van der Waals surface area contributed by atoms with Crippen molar-refractivity contribution in [1.82, 2.24) is 4.90 Å². The second-order valence-electron chi connectivity index (χ2n) is 4.47. The smallest absolute Gasteiger partial charge is 0.395 e. The van der Waals surface area contributed by atoms with Gasteiger partial charge in [-0.25, -0.2) is 0 Å². The van der Waals surface area contributed by atoms with E-state index in [1.54, 1.807) is 30.3 Å². The second kappa shape index (κ2) is 7.25. The third-order valence-corrected chi connectivity index (χ3v) is 2.81. The molecule has 0 heterocycles. The summed E-state index contributed by atoms with van der Waals surface area (Å²) in [7, 11) is 0. The van der Waals surface area contributed by atoms with Crippen LogP contribution >= 0.6 is 0 Å². The summed E-state index contributed by atoms with van der Waals surface area (Å²) in [6.07, 6.45) is -4.39. The van der Waals surface area contributed by atoms with Gasteiger partial charge in [0.1, 0.15) is 0 Å². The minimum Gasteiger partial charge on any atom is -0.395 e. The van der Waals surface area contributed by atoms with E-state index in [-0.39, 0.29) is 18.8 Å².